The Morgan fingerprint density at radius 2 is 1.54 bits per heavy atom. The Labute approximate surface area is 319 Å². The van der Waals surface area contributed by atoms with Gasteiger partial charge in [0.2, 0.25) is 6.04 Å². The van der Waals surface area contributed by atoms with Crippen LogP contribution in [0.1, 0.15) is 17.5 Å². The van der Waals surface area contributed by atoms with E-state index in [1.807, 2.05) is 32.0 Å². The van der Waals surface area contributed by atoms with Crippen molar-refractivity contribution < 1.29 is 19.0 Å². The van der Waals surface area contributed by atoms with Gasteiger partial charge in [0.05, 0.1) is 49.5 Å². The first-order chi connectivity index (χ1) is 24.0. The van der Waals surface area contributed by atoms with Gasteiger partial charge in [-0.2, -0.15) is 10.2 Å². The normalized spacial score (nSPS) is 15.1. The van der Waals surface area contributed by atoms with E-state index in [1.54, 1.807) is 43.5 Å². The Bertz CT molecular complexity index is 1910. The maximum atomic E-state index is 13.7. The third-order valence-electron chi connectivity index (χ3n) is 7.35. The quantitative estimate of drug-likeness (QED) is 0.0603. The van der Waals surface area contributed by atoms with Gasteiger partial charge in [0.15, 0.2) is 12.6 Å². The molecule has 0 aromatic heterocycles. The Balaban J connectivity index is 1.30. The van der Waals surface area contributed by atoms with Gasteiger partial charge in [-0.05, 0) is 73.9 Å². The van der Waals surface area contributed by atoms with Crippen molar-refractivity contribution in [3.63, 3.8) is 0 Å². The van der Waals surface area contributed by atoms with Gasteiger partial charge in [-0.1, -0.05) is 81.7 Å². The highest BCUT2D eigenvalue weighted by Gasteiger charge is 2.41. The van der Waals surface area contributed by atoms with Crippen LogP contribution in [0.25, 0.3) is 0 Å². The summed E-state index contributed by atoms with van der Waals surface area (Å²) >= 11 is 38.1. The van der Waals surface area contributed by atoms with Crippen LogP contribution in [0.4, 0.5) is 17.1 Å². The smallest absolute Gasteiger partial charge is 0.280 e. The number of azo groups is 1. The number of amides is 1. The zero-order valence-corrected chi connectivity index (χ0v) is 31.4. The lowest BCUT2D eigenvalue weighted by molar-refractivity contribution is -0.117. The monoisotopic (exact) mass is 796 g/mol. The lowest BCUT2D eigenvalue weighted by atomic mass is 10.1. The molecular formula is C34H30Cl6N6O4. The Hall–Kier alpha value is -3.64. The van der Waals surface area contributed by atoms with Crippen LogP contribution in [0.15, 0.2) is 75.9 Å². The molecule has 1 heterocycles. The first kappa shape index (κ1) is 37.6. The van der Waals surface area contributed by atoms with E-state index in [0.717, 1.165) is 34.0 Å². The number of benzene rings is 4. The molecule has 0 radical (unpaired) electrons. The first-order valence-electron chi connectivity index (χ1n) is 15.1. The van der Waals surface area contributed by atoms with E-state index in [-0.39, 0.29) is 43.4 Å². The van der Waals surface area contributed by atoms with Gasteiger partial charge in [-0.15, -0.1) is 0 Å². The van der Waals surface area contributed by atoms with Crippen molar-refractivity contribution >= 4 is 98.4 Å². The molecule has 262 valence electrons. The largest absolute Gasteiger partial charge is 0.497 e. The number of halogens is 6. The topological polar surface area (TPSA) is 109 Å². The fourth-order valence-electron chi connectivity index (χ4n) is 4.67. The lowest BCUT2D eigenvalue weighted by Gasteiger charge is -2.21. The molecule has 1 aliphatic rings. The number of rotatable bonds is 13. The summed E-state index contributed by atoms with van der Waals surface area (Å²) in [5.41, 5.74) is 6.34. The fraction of sp³-hybridized carbons (Fsp3) is 0.235. The minimum Gasteiger partial charge on any atom is -0.497 e. The molecule has 5 rings (SSSR count). The Morgan fingerprint density at radius 3 is 2.24 bits per heavy atom. The molecule has 4 aromatic rings. The average Bonchev–Trinajstić information content (AvgIpc) is 3.42. The third-order valence-corrected chi connectivity index (χ3v) is 9.92. The second-order valence-electron chi connectivity index (χ2n) is 10.9. The molecule has 1 atom stereocenters. The second kappa shape index (κ2) is 17.0. The predicted octanol–water partition coefficient (Wildman–Crippen LogP) is 10.6. The van der Waals surface area contributed by atoms with Crippen molar-refractivity contribution in [2.75, 3.05) is 37.3 Å². The van der Waals surface area contributed by atoms with E-state index in [1.165, 1.54) is 0 Å². The van der Waals surface area contributed by atoms with Crippen LogP contribution in [0, 0.1) is 13.8 Å². The highest BCUT2D eigenvalue weighted by Crippen LogP contribution is 2.48. The number of carbonyl (C=O) groups excluding carboxylic acids is 1. The van der Waals surface area contributed by atoms with Gasteiger partial charge < -0.3 is 19.5 Å². The van der Waals surface area contributed by atoms with Gasteiger partial charge in [0.1, 0.15) is 22.9 Å². The molecule has 0 saturated carbocycles. The number of hydrazine groups is 1. The highest BCUT2D eigenvalue weighted by atomic mass is 35.5. The van der Waals surface area contributed by atoms with Crippen LogP contribution < -0.4 is 30.0 Å². The predicted molar refractivity (Wildman–Crippen MR) is 202 cm³/mol. The molecule has 50 heavy (non-hydrogen) atoms. The summed E-state index contributed by atoms with van der Waals surface area (Å²) in [6, 6.07) is 17.0. The van der Waals surface area contributed by atoms with Crippen molar-refractivity contribution in [2.45, 2.75) is 26.3 Å². The zero-order chi connectivity index (χ0) is 35.9. The number of amidine groups is 1. The van der Waals surface area contributed by atoms with Crippen molar-refractivity contribution in [2.24, 2.45) is 15.2 Å². The number of hydrogen-bond donors (Lipinski definition) is 2. The van der Waals surface area contributed by atoms with Crippen LogP contribution in [0.5, 0.6) is 17.2 Å². The van der Waals surface area contributed by atoms with Crippen LogP contribution in [0.2, 0.25) is 30.1 Å². The number of carbonyl (C=O) groups is 1. The molecule has 16 heteroatoms. The molecule has 1 amide bonds. The Morgan fingerprint density at radius 1 is 0.840 bits per heavy atom. The summed E-state index contributed by atoms with van der Waals surface area (Å²) in [6.07, 6.45) is 0.764. The number of ether oxygens (including phenoxy) is 3. The number of methoxy groups -OCH3 is 1. The number of anilines is 2. The van der Waals surface area contributed by atoms with Gasteiger partial charge in [0, 0.05) is 18.3 Å². The lowest BCUT2D eigenvalue weighted by Crippen LogP contribution is -2.36. The van der Waals surface area contributed by atoms with Crippen LogP contribution >= 0.6 is 69.6 Å². The number of nitrogens with one attached hydrogen (secondary N) is 2. The number of nitrogens with zero attached hydrogens (tertiary/aromatic N) is 4. The van der Waals surface area contributed by atoms with E-state index >= 15 is 0 Å². The summed E-state index contributed by atoms with van der Waals surface area (Å²) in [5, 5.41) is 12.8. The molecule has 10 nitrogen and oxygen atoms in total. The van der Waals surface area contributed by atoms with E-state index in [4.69, 9.17) is 83.8 Å². The van der Waals surface area contributed by atoms with Gasteiger partial charge in [0.25, 0.3) is 5.91 Å². The molecule has 0 aliphatic carbocycles. The van der Waals surface area contributed by atoms with Crippen LogP contribution in [0.3, 0.4) is 0 Å². The third kappa shape index (κ3) is 8.80. The van der Waals surface area contributed by atoms with Crippen molar-refractivity contribution in [1.82, 2.24) is 5.43 Å². The number of aliphatic imine (C=N–C) groups is 1. The summed E-state index contributed by atoms with van der Waals surface area (Å²) in [5.74, 6) is 1.34. The zero-order valence-electron chi connectivity index (χ0n) is 26.9. The van der Waals surface area contributed by atoms with Crippen LogP contribution in [-0.2, 0) is 4.79 Å². The van der Waals surface area contributed by atoms with E-state index in [9.17, 15) is 4.79 Å². The second-order valence-corrected chi connectivity index (χ2v) is 13.2. The molecule has 1 fully saturated rings. The van der Waals surface area contributed by atoms with Crippen molar-refractivity contribution in [3.8, 4) is 17.2 Å². The molecular weight excluding hydrogens is 769 g/mol. The van der Waals surface area contributed by atoms with E-state index in [0.29, 0.717) is 35.4 Å². The van der Waals surface area contributed by atoms with Crippen molar-refractivity contribution in [3.05, 3.63) is 102 Å². The van der Waals surface area contributed by atoms with Gasteiger partial charge >= 0.3 is 0 Å². The summed E-state index contributed by atoms with van der Waals surface area (Å²) in [4.78, 5) is 18.2. The molecule has 4 aromatic carbocycles. The van der Waals surface area contributed by atoms with Gasteiger partial charge in [-0.25, -0.2) is 10.0 Å². The fourth-order valence-corrected chi connectivity index (χ4v) is 6.14. The SMILES string of the molecule is COc1ccc(N=NC2C(=O)N(c3c(Cl)c(Cl)c(Cl)c(Cl)c3Cl)N/C2=N/COc2cc(NCCCOc3cc(C)ccc3C)ccc2Cl)cc1. The maximum absolute atomic E-state index is 13.7. The molecule has 0 spiro atoms. The van der Waals surface area contributed by atoms with Crippen molar-refractivity contribution in [1.29, 1.82) is 0 Å². The molecule has 0 bridgehead atoms. The summed E-state index contributed by atoms with van der Waals surface area (Å²) in [6.45, 7) is 5.02. The summed E-state index contributed by atoms with van der Waals surface area (Å²) < 4.78 is 17.0. The van der Waals surface area contributed by atoms with Gasteiger partial charge in [-0.3, -0.25) is 10.2 Å². The highest BCUT2D eigenvalue weighted by molar-refractivity contribution is 6.57. The standard InChI is InChI=1S/C34H30Cl6N6O4/c1-18-5-6-19(2)24(15-18)49-14-4-13-41-21-9-12-23(35)25(16-21)50-17-42-33-31(44-43-20-7-10-22(48-3)11-8-20)34(47)46(45-33)32-29(39)27(37)26(36)28(38)30(32)40/h5-12,15-16,31,41H,4,13-14,17H2,1-3H3,(H,42,45). The molecule has 1 saturated heterocycles. The number of hydrogen-bond acceptors (Lipinski definition) is 8. The first-order valence-corrected chi connectivity index (χ1v) is 17.3. The van der Waals surface area contributed by atoms with E-state index < -0.39 is 11.9 Å². The number of aryl methyl sites for hydroxylation is 2. The maximum Gasteiger partial charge on any atom is 0.280 e. The minimum absolute atomic E-state index is 0.0327. The van der Waals surface area contributed by atoms with Crippen LogP contribution in [-0.4, -0.2) is 44.8 Å². The average molecular weight is 799 g/mol. The minimum atomic E-state index is -1.24. The molecule has 2 N–H and O–H groups in total. The molecule has 1 aliphatic heterocycles. The van der Waals surface area contributed by atoms with E-state index in [2.05, 4.69) is 32.0 Å². The summed E-state index contributed by atoms with van der Waals surface area (Å²) in [7, 11) is 1.55. The molecule has 1 unspecified atom stereocenters. The Kier molecular flexibility index (Phi) is 12.8.